The largest absolute Gasteiger partial charge is 0.327 e. The van der Waals surface area contributed by atoms with Crippen LogP contribution in [0.25, 0.3) is 0 Å². The molecule has 1 saturated heterocycles. The van der Waals surface area contributed by atoms with Gasteiger partial charge in [-0.25, -0.2) is 6.42 Å². The molecule has 0 aromatic rings. The summed E-state index contributed by atoms with van der Waals surface area (Å²) >= 11 is 0. The van der Waals surface area contributed by atoms with E-state index in [9.17, 15) is 0 Å². The second-order valence-corrected chi connectivity index (χ2v) is 3.02. The van der Waals surface area contributed by atoms with Crippen LogP contribution in [-0.4, -0.2) is 13.1 Å². The Bertz CT molecular complexity index is 93.8. The zero-order valence-electron chi connectivity index (χ0n) is 5.87. The van der Waals surface area contributed by atoms with Gasteiger partial charge in [-0.3, -0.25) is 0 Å². The maximum Gasteiger partial charge on any atom is 0 e. The Balaban J connectivity index is 0.000000405. The zero-order valence-corrected chi connectivity index (χ0v) is 11.3. The Labute approximate surface area is 90.0 Å². The summed E-state index contributed by atoms with van der Waals surface area (Å²) < 4.78 is 0. The normalized spacial score (nSPS) is 26.4. The molecule has 3 heteroatoms. The molecule has 2 radical (unpaired) electrons. The van der Waals surface area contributed by atoms with Gasteiger partial charge in [0.2, 0.25) is 0 Å². The summed E-state index contributed by atoms with van der Waals surface area (Å²) in [4.78, 5) is 0. The first-order chi connectivity index (χ1) is 3.91. The second kappa shape index (κ2) is 4.34. The van der Waals surface area contributed by atoms with E-state index in [1.165, 1.54) is 32.4 Å². The van der Waals surface area contributed by atoms with Crippen molar-refractivity contribution in [2.75, 3.05) is 13.1 Å². The molecule has 1 aliphatic carbocycles. The van der Waals surface area contributed by atoms with Crippen LogP contribution in [0.4, 0.5) is 0 Å². The van der Waals surface area contributed by atoms with Crippen molar-refractivity contribution in [2.24, 2.45) is 5.41 Å². The standard InChI is InChI=1S/C7H12N.2Re/c1-2-7(1)3-5-8-6-4-7;;/h1,8H,2-6H2;;/q-1;;. The third-order valence-corrected chi connectivity index (χ3v) is 2.38. The van der Waals surface area contributed by atoms with Crippen molar-refractivity contribution in [2.45, 2.75) is 19.3 Å². The van der Waals surface area contributed by atoms with Gasteiger partial charge in [0.25, 0.3) is 0 Å². The third kappa shape index (κ3) is 2.40. The average Bonchev–Trinajstić information content (AvgIpc) is 2.52. The number of nitrogens with one attached hydrogen (secondary N) is 1. The Morgan fingerprint density at radius 3 is 1.90 bits per heavy atom. The summed E-state index contributed by atoms with van der Waals surface area (Å²) in [6, 6.07) is 0. The van der Waals surface area contributed by atoms with Crippen molar-refractivity contribution in [1.29, 1.82) is 0 Å². The van der Waals surface area contributed by atoms with Crippen molar-refractivity contribution in [3.8, 4) is 0 Å². The smallest absolute Gasteiger partial charge is 0 e. The fourth-order valence-corrected chi connectivity index (χ4v) is 1.48. The average molecular weight is 483 g/mol. The first-order valence-corrected chi connectivity index (χ1v) is 3.46. The molecule has 1 spiro atoms. The van der Waals surface area contributed by atoms with E-state index in [0.29, 0.717) is 0 Å². The zero-order chi connectivity index (χ0) is 5.45. The van der Waals surface area contributed by atoms with Crippen LogP contribution < -0.4 is 5.32 Å². The first-order valence-electron chi connectivity index (χ1n) is 3.46. The molecule has 1 aliphatic heterocycles. The molecule has 2 rings (SSSR count). The number of hydrogen-bond acceptors (Lipinski definition) is 1. The molecule has 0 atom stereocenters. The number of rotatable bonds is 0. The van der Waals surface area contributed by atoms with Crippen molar-refractivity contribution >= 4 is 0 Å². The van der Waals surface area contributed by atoms with Gasteiger partial charge in [-0.2, -0.15) is 5.41 Å². The van der Waals surface area contributed by atoms with E-state index in [1.807, 2.05) is 0 Å². The van der Waals surface area contributed by atoms with Gasteiger partial charge in [-0.05, 0) is 13.1 Å². The van der Waals surface area contributed by atoms with Gasteiger partial charge < -0.3 is 11.7 Å². The summed E-state index contributed by atoms with van der Waals surface area (Å²) in [5.74, 6) is 0. The van der Waals surface area contributed by atoms with Crippen LogP contribution in [0.2, 0.25) is 0 Å². The van der Waals surface area contributed by atoms with Crippen molar-refractivity contribution in [3.63, 3.8) is 0 Å². The van der Waals surface area contributed by atoms with Gasteiger partial charge in [0.15, 0.2) is 0 Å². The monoisotopic (exact) mass is 484 g/mol. The van der Waals surface area contributed by atoms with E-state index >= 15 is 0 Å². The molecule has 1 nitrogen and oxygen atoms in total. The molecule has 0 aromatic heterocycles. The summed E-state index contributed by atoms with van der Waals surface area (Å²) in [7, 11) is 0. The SMILES string of the molecule is [CH-]1CC12CCNCC2.[Re].[Re]. The van der Waals surface area contributed by atoms with E-state index in [0.717, 1.165) is 5.41 Å². The first kappa shape index (κ1) is 11.3. The minimum absolute atomic E-state index is 0. The van der Waals surface area contributed by atoms with Gasteiger partial charge >= 0.3 is 0 Å². The van der Waals surface area contributed by atoms with Crippen LogP contribution in [0, 0.1) is 11.8 Å². The summed E-state index contributed by atoms with van der Waals surface area (Å²) in [6.07, 6.45) is 6.66. The molecular weight excluding hydrogens is 470 g/mol. The van der Waals surface area contributed by atoms with Gasteiger partial charge in [-0.15, -0.1) is 0 Å². The quantitative estimate of drug-likeness (QED) is 0.508. The molecule has 0 amide bonds. The Morgan fingerprint density at radius 2 is 1.60 bits per heavy atom. The number of hydrogen-bond donors (Lipinski definition) is 1. The molecule has 1 saturated carbocycles. The predicted octanol–water partition coefficient (Wildman–Crippen LogP) is 0.959. The van der Waals surface area contributed by atoms with Crippen LogP contribution in [0.15, 0.2) is 0 Å². The Kier molecular flexibility index (Phi) is 4.90. The molecule has 2 aliphatic rings. The fourth-order valence-electron chi connectivity index (χ4n) is 1.48. The minimum atomic E-state index is 0. The Morgan fingerprint density at radius 1 is 1.10 bits per heavy atom. The summed E-state index contributed by atoms with van der Waals surface area (Å²) in [5.41, 5.74) is 0.741. The molecule has 0 unspecified atom stereocenters. The van der Waals surface area contributed by atoms with Gasteiger partial charge in [-0.1, -0.05) is 12.8 Å². The predicted molar refractivity (Wildman–Crippen MR) is 33.5 cm³/mol. The summed E-state index contributed by atoms with van der Waals surface area (Å²) in [6.45, 7) is 2.49. The minimum Gasteiger partial charge on any atom is -0.327 e. The van der Waals surface area contributed by atoms with E-state index in [1.54, 1.807) is 0 Å². The Hall–Kier alpha value is 1.28. The number of piperidine rings is 1. The molecule has 60 valence electrons. The topological polar surface area (TPSA) is 12.0 Å². The van der Waals surface area contributed by atoms with Crippen molar-refractivity contribution in [1.82, 2.24) is 5.32 Å². The molecule has 1 heterocycles. The molecule has 10 heavy (non-hydrogen) atoms. The van der Waals surface area contributed by atoms with E-state index in [-0.39, 0.29) is 40.8 Å². The summed E-state index contributed by atoms with van der Waals surface area (Å²) in [5, 5.41) is 3.36. The van der Waals surface area contributed by atoms with E-state index < -0.39 is 0 Å². The molecule has 2 fully saturated rings. The molecule has 0 bridgehead atoms. The third-order valence-electron chi connectivity index (χ3n) is 2.38. The second-order valence-electron chi connectivity index (χ2n) is 3.02. The maximum atomic E-state index is 3.36. The maximum absolute atomic E-state index is 3.36. The van der Waals surface area contributed by atoms with Crippen LogP contribution in [0.5, 0.6) is 0 Å². The van der Waals surface area contributed by atoms with Crippen LogP contribution in [-0.2, 0) is 40.8 Å². The molecule has 0 aromatic carbocycles. The van der Waals surface area contributed by atoms with Crippen LogP contribution in [0.1, 0.15) is 19.3 Å². The van der Waals surface area contributed by atoms with Crippen LogP contribution in [0.3, 0.4) is 0 Å². The van der Waals surface area contributed by atoms with E-state index in [4.69, 9.17) is 0 Å². The van der Waals surface area contributed by atoms with Crippen LogP contribution >= 0.6 is 0 Å². The van der Waals surface area contributed by atoms with Gasteiger partial charge in [0, 0.05) is 40.8 Å². The van der Waals surface area contributed by atoms with Gasteiger partial charge in [0.1, 0.15) is 0 Å². The van der Waals surface area contributed by atoms with Gasteiger partial charge in [0.05, 0.1) is 0 Å². The van der Waals surface area contributed by atoms with Crippen molar-refractivity contribution in [3.05, 3.63) is 6.42 Å². The van der Waals surface area contributed by atoms with E-state index in [2.05, 4.69) is 11.7 Å². The fraction of sp³-hybridized carbons (Fsp3) is 0.857. The van der Waals surface area contributed by atoms with Crippen molar-refractivity contribution < 1.29 is 40.8 Å². The molecular formula is C7H12NRe2-. The molecule has 1 N–H and O–H groups in total.